The fourth-order valence-electron chi connectivity index (χ4n) is 2.92. The summed E-state index contributed by atoms with van der Waals surface area (Å²) in [6, 6.07) is 8.04. The van der Waals surface area contributed by atoms with E-state index in [1.165, 1.54) is 12.0 Å². The predicted molar refractivity (Wildman–Crippen MR) is 87.6 cm³/mol. The number of likely N-dealkylation sites (tertiary alicyclic amines) is 1. The lowest BCUT2D eigenvalue weighted by Gasteiger charge is -2.30. The highest BCUT2D eigenvalue weighted by molar-refractivity contribution is 6.30. The van der Waals surface area contributed by atoms with Crippen LogP contribution in [0.1, 0.15) is 38.7 Å². The van der Waals surface area contributed by atoms with Crippen molar-refractivity contribution < 1.29 is 4.79 Å². The van der Waals surface area contributed by atoms with Gasteiger partial charge in [0.25, 0.3) is 0 Å². The maximum atomic E-state index is 12.4. The quantitative estimate of drug-likeness (QED) is 0.905. The van der Waals surface area contributed by atoms with Crippen LogP contribution in [-0.2, 0) is 11.2 Å². The third-order valence-corrected chi connectivity index (χ3v) is 4.28. The van der Waals surface area contributed by atoms with Crippen LogP contribution in [0.2, 0.25) is 5.02 Å². The smallest absolute Gasteiger partial charge is 0.239 e. The first-order valence-corrected chi connectivity index (χ1v) is 8.23. The van der Waals surface area contributed by atoms with Gasteiger partial charge in [-0.25, -0.2) is 0 Å². The van der Waals surface area contributed by atoms with Crippen LogP contribution in [0.5, 0.6) is 0 Å². The summed E-state index contributed by atoms with van der Waals surface area (Å²) in [5.74, 6) is 0.234. The largest absolute Gasteiger partial charge is 0.341 e. The van der Waals surface area contributed by atoms with Crippen LogP contribution in [0.15, 0.2) is 24.3 Å². The minimum Gasteiger partial charge on any atom is -0.341 e. The molecule has 2 unspecified atom stereocenters. The van der Waals surface area contributed by atoms with E-state index in [0.717, 1.165) is 37.4 Å². The SMILES string of the molecule is CC(Cc1ccc(Cl)cc1)NC(C)C(=O)N1CCCCC1. The van der Waals surface area contributed by atoms with Crippen LogP contribution in [0.3, 0.4) is 0 Å². The monoisotopic (exact) mass is 308 g/mol. The number of nitrogens with zero attached hydrogens (tertiary/aromatic N) is 1. The van der Waals surface area contributed by atoms with Crippen molar-refractivity contribution in [1.82, 2.24) is 10.2 Å². The van der Waals surface area contributed by atoms with Gasteiger partial charge in [0.1, 0.15) is 0 Å². The molecule has 1 aliphatic heterocycles. The summed E-state index contributed by atoms with van der Waals surface area (Å²) < 4.78 is 0. The summed E-state index contributed by atoms with van der Waals surface area (Å²) in [6.45, 7) is 5.91. The maximum Gasteiger partial charge on any atom is 0.239 e. The zero-order chi connectivity index (χ0) is 15.2. The minimum absolute atomic E-state index is 0.120. The molecule has 21 heavy (non-hydrogen) atoms. The van der Waals surface area contributed by atoms with Gasteiger partial charge < -0.3 is 10.2 Å². The molecule has 2 atom stereocenters. The van der Waals surface area contributed by atoms with Crippen molar-refractivity contribution in [3.8, 4) is 0 Å². The zero-order valence-electron chi connectivity index (χ0n) is 12.9. The lowest BCUT2D eigenvalue weighted by molar-refractivity contribution is -0.134. The molecule has 1 N–H and O–H groups in total. The van der Waals surface area contributed by atoms with E-state index in [4.69, 9.17) is 11.6 Å². The molecule has 0 aliphatic carbocycles. The number of carbonyl (C=O) groups is 1. The number of benzene rings is 1. The van der Waals surface area contributed by atoms with Crippen molar-refractivity contribution in [3.05, 3.63) is 34.9 Å². The Morgan fingerprint density at radius 3 is 2.43 bits per heavy atom. The van der Waals surface area contributed by atoms with E-state index in [0.29, 0.717) is 0 Å². The van der Waals surface area contributed by atoms with Crippen molar-refractivity contribution >= 4 is 17.5 Å². The van der Waals surface area contributed by atoms with Gasteiger partial charge in [0.2, 0.25) is 5.91 Å². The van der Waals surface area contributed by atoms with E-state index in [1.807, 2.05) is 36.1 Å². The average molecular weight is 309 g/mol. The molecule has 1 aromatic carbocycles. The molecule has 0 saturated carbocycles. The number of rotatable bonds is 5. The lowest BCUT2D eigenvalue weighted by atomic mass is 10.1. The molecule has 1 saturated heterocycles. The molecule has 1 amide bonds. The molecule has 0 aromatic heterocycles. The summed E-state index contributed by atoms with van der Waals surface area (Å²) in [6.07, 6.45) is 4.42. The third-order valence-electron chi connectivity index (χ3n) is 4.03. The summed E-state index contributed by atoms with van der Waals surface area (Å²) in [5.41, 5.74) is 1.23. The normalized spacial score (nSPS) is 18.3. The number of hydrogen-bond acceptors (Lipinski definition) is 2. The first-order chi connectivity index (χ1) is 10.1. The van der Waals surface area contributed by atoms with Crippen molar-refractivity contribution in [2.75, 3.05) is 13.1 Å². The molecule has 1 fully saturated rings. The van der Waals surface area contributed by atoms with E-state index in [9.17, 15) is 4.79 Å². The van der Waals surface area contributed by atoms with Gasteiger partial charge in [-0.15, -0.1) is 0 Å². The molecule has 3 nitrogen and oxygen atoms in total. The van der Waals surface area contributed by atoms with Crippen LogP contribution in [0.4, 0.5) is 0 Å². The van der Waals surface area contributed by atoms with Gasteiger partial charge in [-0.1, -0.05) is 23.7 Å². The summed E-state index contributed by atoms with van der Waals surface area (Å²) >= 11 is 5.89. The highest BCUT2D eigenvalue weighted by Crippen LogP contribution is 2.12. The maximum absolute atomic E-state index is 12.4. The number of carbonyl (C=O) groups excluding carboxylic acids is 1. The Hall–Kier alpha value is -1.06. The molecule has 4 heteroatoms. The van der Waals surface area contributed by atoms with Gasteiger partial charge in [-0.2, -0.15) is 0 Å². The second kappa shape index (κ2) is 7.81. The second-order valence-corrected chi connectivity index (χ2v) is 6.44. The predicted octanol–water partition coefficient (Wildman–Crippen LogP) is 3.26. The highest BCUT2D eigenvalue weighted by atomic mass is 35.5. The number of amides is 1. The number of nitrogens with one attached hydrogen (secondary N) is 1. The zero-order valence-corrected chi connectivity index (χ0v) is 13.7. The van der Waals surface area contributed by atoms with Crippen molar-refractivity contribution in [1.29, 1.82) is 0 Å². The second-order valence-electron chi connectivity index (χ2n) is 6.01. The number of halogens is 1. The van der Waals surface area contributed by atoms with Gasteiger partial charge in [0.15, 0.2) is 0 Å². The Balaban J connectivity index is 1.82. The number of piperidine rings is 1. The van der Waals surface area contributed by atoms with Crippen molar-refractivity contribution in [2.45, 2.75) is 51.6 Å². The third kappa shape index (κ3) is 5.01. The summed E-state index contributed by atoms with van der Waals surface area (Å²) in [4.78, 5) is 14.4. The lowest BCUT2D eigenvalue weighted by Crippen LogP contribution is -2.49. The summed E-state index contributed by atoms with van der Waals surface area (Å²) in [7, 11) is 0. The minimum atomic E-state index is -0.120. The fraction of sp³-hybridized carbons (Fsp3) is 0.588. The van der Waals surface area contributed by atoms with Crippen LogP contribution >= 0.6 is 11.6 Å². The van der Waals surface area contributed by atoms with Crippen molar-refractivity contribution in [3.63, 3.8) is 0 Å². The van der Waals surface area contributed by atoms with Gasteiger partial charge in [-0.05, 0) is 57.2 Å². The first kappa shape index (κ1) is 16.3. The van der Waals surface area contributed by atoms with Crippen LogP contribution in [0, 0.1) is 0 Å². The van der Waals surface area contributed by atoms with Gasteiger partial charge in [0, 0.05) is 24.2 Å². The molecule has 0 spiro atoms. The molecule has 1 aromatic rings. The molecular weight excluding hydrogens is 284 g/mol. The molecule has 1 heterocycles. The van der Waals surface area contributed by atoms with Crippen LogP contribution in [0.25, 0.3) is 0 Å². The Bertz CT molecular complexity index is 454. The Morgan fingerprint density at radius 2 is 1.81 bits per heavy atom. The van der Waals surface area contributed by atoms with E-state index in [-0.39, 0.29) is 18.0 Å². The molecular formula is C17H25ClN2O. The Kier molecular flexibility index (Phi) is 6.07. The van der Waals surface area contributed by atoms with Gasteiger partial charge in [-0.3, -0.25) is 4.79 Å². The molecule has 1 aliphatic rings. The van der Waals surface area contributed by atoms with Crippen molar-refractivity contribution in [2.24, 2.45) is 0 Å². The number of hydrogen-bond donors (Lipinski definition) is 1. The van der Waals surface area contributed by atoms with Crippen LogP contribution in [-0.4, -0.2) is 36.0 Å². The summed E-state index contributed by atoms with van der Waals surface area (Å²) in [5, 5.41) is 4.17. The fourth-order valence-corrected chi connectivity index (χ4v) is 3.05. The topological polar surface area (TPSA) is 32.3 Å². The first-order valence-electron chi connectivity index (χ1n) is 7.85. The Labute approximate surface area is 132 Å². The van der Waals surface area contributed by atoms with E-state index < -0.39 is 0 Å². The van der Waals surface area contributed by atoms with E-state index >= 15 is 0 Å². The van der Waals surface area contributed by atoms with E-state index in [2.05, 4.69) is 12.2 Å². The van der Waals surface area contributed by atoms with E-state index in [1.54, 1.807) is 0 Å². The molecule has 0 radical (unpaired) electrons. The standard InChI is InChI=1S/C17H25ClN2O/c1-13(12-15-6-8-16(18)9-7-15)19-14(2)17(21)20-10-4-3-5-11-20/h6-9,13-14,19H,3-5,10-12H2,1-2H3. The average Bonchev–Trinajstić information content (AvgIpc) is 2.49. The van der Waals surface area contributed by atoms with Crippen LogP contribution < -0.4 is 5.32 Å². The highest BCUT2D eigenvalue weighted by Gasteiger charge is 2.22. The van der Waals surface area contributed by atoms with Gasteiger partial charge in [0.05, 0.1) is 6.04 Å². The molecule has 2 rings (SSSR count). The van der Waals surface area contributed by atoms with Gasteiger partial charge >= 0.3 is 0 Å². The molecule has 116 valence electrons. The molecule has 0 bridgehead atoms. The Morgan fingerprint density at radius 1 is 1.19 bits per heavy atom.